The fourth-order valence-electron chi connectivity index (χ4n) is 7.79. The Balaban J connectivity index is 1.32. The van der Waals surface area contributed by atoms with Crippen LogP contribution in [0.15, 0.2) is 181 Å². The summed E-state index contributed by atoms with van der Waals surface area (Å²) in [7, 11) is 0. The van der Waals surface area contributed by atoms with E-state index < -0.39 is 0 Å². The molecule has 0 saturated carbocycles. The van der Waals surface area contributed by atoms with Gasteiger partial charge in [0.15, 0.2) is 0 Å². The summed E-state index contributed by atoms with van der Waals surface area (Å²) in [5.74, 6) is -0.0599. The van der Waals surface area contributed by atoms with Gasteiger partial charge in [0.2, 0.25) is 0 Å². The number of fused-ring (bicyclic) bond motifs is 3. The van der Waals surface area contributed by atoms with Crippen LogP contribution < -0.4 is 5.73 Å². The maximum absolute atomic E-state index is 7.18. The second-order valence-corrected chi connectivity index (χ2v) is 13.3. The molecule has 242 valence electrons. The second-order valence-electron chi connectivity index (χ2n) is 13.3. The van der Waals surface area contributed by atoms with Gasteiger partial charge in [0.1, 0.15) is 0 Å². The lowest BCUT2D eigenvalue weighted by Gasteiger charge is -2.22. The van der Waals surface area contributed by atoms with Crippen molar-refractivity contribution >= 4 is 33.2 Å². The molecule has 0 bridgehead atoms. The molecule has 0 spiro atoms. The van der Waals surface area contributed by atoms with Gasteiger partial charge in [-0.1, -0.05) is 171 Å². The predicted octanol–water partition coefficient (Wildman–Crippen LogP) is 12.8. The van der Waals surface area contributed by atoms with Crippen molar-refractivity contribution in [2.24, 2.45) is 5.73 Å². The van der Waals surface area contributed by atoms with Gasteiger partial charge in [0.25, 0.3) is 0 Å². The molecule has 6 aromatic carbocycles. The SMILES string of the molecule is C=C1C=CC(c2ccc3c(c2)C=CCC3)/C(N)=C(/C=C(\CC)c2ccccc2-c2c3ccccc3c(-c3ccccc3)c3ccccc23)\C=C/1. The average Bonchev–Trinajstić information content (AvgIpc) is 3.17. The number of benzene rings is 6. The van der Waals surface area contributed by atoms with Gasteiger partial charge < -0.3 is 5.73 Å². The molecule has 0 amide bonds. The highest BCUT2D eigenvalue weighted by Crippen LogP contribution is 2.45. The molecule has 0 aromatic heterocycles. The van der Waals surface area contributed by atoms with Gasteiger partial charge in [-0.2, -0.15) is 0 Å². The summed E-state index contributed by atoms with van der Waals surface area (Å²) < 4.78 is 0. The smallest absolute Gasteiger partial charge is 0.0425 e. The number of rotatable bonds is 6. The zero-order chi connectivity index (χ0) is 34.0. The zero-order valence-electron chi connectivity index (χ0n) is 28.6. The Morgan fingerprint density at radius 1 is 0.720 bits per heavy atom. The van der Waals surface area contributed by atoms with Gasteiger partial charge in [0.05, 0.1) is 0 Å². The van der Waals surface area contributed by atoms with Gasteiger partial charge in [-0.25, -0.2) is 0 Å². The molecule has 8 rings (SSSR count). The number of allylic oxidation sites excluding steroid dienone is 9. The van der Waals surface area contributed by atoms with Crippen molar-refractivity contribution in [1.82, 2.24) is 0 Å². The Labute approximate surface area is 295 Å². The van der Waals surface area contributed by atoms with Gasteiger partial charge >= 0.3 is 0 Å². The van der Waals surface area contributed by atoms with E-state index in [1.807, 2.05) is 0 Å². The third-order valence-corrected chi connectivity index (χ3v) is 10.3. The largest absolute Gasteiger partial charge is 0.401 e. The number of aryl methyl sites for hydroxylation is 1. The molecule has 0 heterocycles. The molecule has 1 unspecified atom stereocenters. The minimum Gasteiger partial charge on any atom is -0.401 e. The summed E-state index contributed by atoms with van der Waals surface area (Å²) in [6.45, 7) is 6.55. The van der Waals surface area contributed by atoms with E-state index in [-0.39, 0.29) is 5.92 Å². The molecular weight excluding hydrogens is 603 g/mol. The fraction of sp³-hybridized carbons (Fsp3) is 0.102. The summed E-state index contributed by atoms with van der Waals surface area (Å²) >= 11 is 0. The van der Waals surface area contributed by atoms with Crippen molar-refractivity contribution in [3.63, 3.8) is 0 Å². The summed E-state index contributed by atoms with van der Waals surface area (Å²) in [4.78, 5) is 0. The zero-order valence-corrected chi connectivity index (χ0v) is 28.6. The van der Waals surface area contributed by atoms with Gasteiger partial charge in [0, 0.05) is 11.6 Å². The predicted molar refractivity (Wildman–Crippen MR) is 216 cm³/mol. The van der Waals surface area contributed by atoms with E-state index in [9.17, 15) is 0 Å². The molecule has 1 heteroatoms. The van der Waals surface area contributed by atoms with E-state index in [0.29, 0.717) is 0 Å². The molecule has 1 nitrogen and oxygen atoms in total. The molecule has 2 aliphatic carbocycles. The van der Waals surface area contributed by atoms with E-state index >= 15 is 0 Å². The molecule has 0 aliphatic heterocycles. The lowest BCUT2D eigenvalue weighted by Crippen LogP contribution is -2.12. The van der Waals surface area contributed by atoms with Crippen molar-refractivity contribution in [2.75, 3.05) is 0 Å². The molecule has 2 aliphatic rings. The van der Waals surface area contributed by atoms with E-state index in [2.05, 4.69) is 177 Å². The lowest BCUT2D eigenvalue weighted by molar-refractivity contribution is 0.938. The fourth-order valence-corrected chi connectivity index (χ4v) is 7.79. The van der Waals surface area contributed by atoms with Crippen molar-refractivity contribution < 1.29 is 0 Å². The minimum absolute atomic E-state index is 0.0599. The molecule has 50 heavy (non-hydrogen) atoms. The molecule has 0 radical (unpaired) electrons. The molecule has 1 atom stereocenters. The maximum atomic E-state index is 7.18. The Morgan fingerprint density at radius 3 is 2.10 bits per heavy atom. The van der Waals surface area contributed by atoms with E-state index in [4.69, 9.17) is 5.73 Å². The van der Waals surface area contributed by atoms with Crippen LogP contribution in [0.1, 0.15) is 47.9 Å². The highest BCUT2D eigenvalue weighted by Gasteiger charge is 2.21. The number of hydrogen-bond donors (Lipinski definition) is 1. The van der Waals surface area contributed by atoms with Crippen LogP contribution in [0.25, 0.3) is 55.4 Å². The van der Waals surface area contributed by atoms with Crippen LogP contribution in [-0.2, 0) is 6.42 Å². The first-order chi connectivity index (χ1) is 24.6. The van der Waals surface area contributed by atoms with Crippen LogP contribution in [0.2, 0.25) is 0 Å². The van der Waals surface area contributed by atoms with Gasteiger partial charge in [-0.05, 0) is 108 Å². The summed E-state index contributed by atoms with van der Waals surface area (Å²) in [6, 6.07) is 44.3. The van der Waals surface area contributed by atoms with Crippen LogP contribution in [0, 0.1) is 0 Å². The third kappa shape index (κ3) is 5.76. The average molecular weight is 644 g/mol. The van der Waals surface area contributed by atoms with Crippen LogP contribution in [0.3, 0.4) is 0 Å². The van der Waals surface area contributed by atoms with Crippen LogP contribution in [0.5, 0.6) is 0 Å². The second kappa shape index (κ2) is 13.5. The van der Waals surface area contributed by atoms with E-state index in [1.165, 1.54) is 71.6 Å². The standard InChI is InChI=1S/C49H41N/c1-3-34(31-39-27-25-33(2)26-30-41(49(39)50)38-29-28-35-15-7-8-18-37(35)32-38)40-19-9-10-20-42(40)48-45-23-13-11-21-43(45)47(36-16-5-4-6-17-36)44-22-12-14-24-46(44)48/h4-6,8-14,16-32,41H,2-3,7,15,50H2,1H3/b27-25-,30-26?,34-31+,49-39-. The van der Waals surface area contributed by atoms with Crippen molar-refractivity contribution in [3.05, 3.63) is 203 Å². The molecule has 0 saturated heterocycles. The Morgan fingerprint density at radius 2 is 1.38 bits per heavy atom. The number of nitrogens with two attached hydrogens (primary N) is 1. The van der Waals surface area contributed by atoms with Crippen molar-refractivity contribution in [2.45, 2.75) is 32.1 Å². The van der Waals surface area contributed by atoms with Crippen molar-refractivity contribution in [1.29, 1.82) is 0 Å². The Bertz CT molecular complexity index is 2370. The first kappa shape index (κ1) is 31.4. The highest BCUT2D eigenvalue weighted by atomic mass is 14.6. The first-order valence-electron chi connectivity index (χ1n) is 17.7. The van der Waals surface area contributed by atoms with Gasteiger partial charge in [-0.3, -0.25) is 0 Å². The molecule has 0 fully saturated rings. The summed E-state index contributed by atoms with van der Waals surface area (Å²) in [5.41, 5.74) is 21.4. The van der Waals surface area contributed by atoms with Crippen molar-refractivity contribution in [3.8, 4) is 22.3 Å². The lowest BCUT2D eigenvalue weighted by atomic mass is 9.83. The van der Waals surface area contributed by atoms with E-state index in [0.717, 1.165) is 36.1 Å². The topological polar surface area (TPSA) is 26.0 Å². The molecular formula is C49H41N. The maximum Gasteiger partial charge on any atom is 0.0425 e. The highest BCUT2D eigenvalue weighted by molar-refractivity contribution is 6.22. The third-order valence-electron chi connectivity index (χ3n) is 10.3. The van der Waals surface area contributed by atoms with Crippen LogP contribution in [-0.4, -0.2) is 0 Å². The monoisotopic (exact) mass is 643 g/mol. The minimum atomic E-state index is -0.0599. The molecule has 2 N–H and O–H groups in total. The summed E-state index contributed by atoms with van der Waals surface area (Å²) in [5, 5.41) is 5.01. The first-order valence-corrected chi connectivity index (χ1v) is 17.7. The Hall–Kier alpha value is -5.92. The quantitative estimate of drug-likeness (QED) is 0.180. The Kier molecular flexibility index (Phi) is 8.49. The number of hydrogen-bond acceptors (Lipinski definition) is 1. The van der Waals surface area contributed by atoms with Crippen LogP contribution in [0.4, 0.5) is 0 Å². The normalized spacial score (nSPS) is 18.2. The summed E-state index contributed by atoms with van der Waals surface area (Å²) in [6.07, 6.45) is 18.4. The van der Waals surface area contributed by atoms with Gasteiger partial charge in [-0.15, -0.1) is 0 Å². The van der Waals surface area contributed by atoms with E-state index in [1.54, 1.807) is 0 Å². The van der Waals surface area contributed by atoms with Crippen LogP contribution >= 0.6 is 0 Å². The molecule has 6 aromatic rings.